The lowest BCUT2D eigenvalue weighted by Crippen LogP contribution is -2.39. The third-order valence-electron chi connectivity index (χ3n) is 4.71. The van der Waals surface area contributed by atoms with E-state index in [1.54, 1.807) is 37.3 Å². The fourth-order valence-corrected chi connectivity index (χ4v) is 4.46. The van der Waals surface area contributed by atoms with Crippen molar-refractivity contribution in [3.8, 4) is 5.75 Å². The van der Waals surface area contributed by atoms with Crippen LogP contribution in [0.3, 0.4) is 0 Å². The van der Waals surface area contributed by atoms with Crippen molar-refractivity contribution in [3.05, 3.63) is 96.7 Å². The zero-order valence-corrected chi connectivity index (χ0v) is 16.6. The van der Waals surface area contributed by atoms with Gasteiger partial charge in [-0.1, -0.05) is 53.8 Å². The van der Waals surface area contributed by atoms with Gasteiger partial charge in [-0.3, -0.25) is 9.36 Å². The Kier molecular flexibility index (Phi) is 4.90. The van der Waals surface area contributed by atoms with Gasteiger partial charge in [0.2, 0.25) is 0 Å². The first-order chi connectivity index (χ1) is 14.0. The SMILES string of the molecule is COC(=O)C1=C(C)N=c2s/c(=C\c3cccc(O)c3)c(=O)n2[C@@H]1c1ccccc1. The Bertz CT molecular complexity index is 1300. The smallest absolute Gasteiger partial charge is 0.338 e. The zero-order chi connectivity index (χ0) is 20.5. The molecule has 0 bridgehead atoms. The molecule has 6 nitrogen and oxygen atoms in total. The van der Waals surface area contributed by atoms with Crippen molar-refractivity contribution in [1.82, 2.24) is 4.57 Å². The van der Waals surface area contributed by atoms with E-state index in [1.165, 1.54) is 23.0 Å². The summed E-state index contributed by atoms with van der Waals surface area (Å²) in [5, 5.41) is 9.69. The molecule has 1 N–H and O–H groups in total. The highest BCUT2D eigenvalue weighted by molar-refractivity contribution is 7.07. The number of hydrogen-bond donors (Lipinski definition) is 1. The number of carbonyl (C=O) groups excluding carboxylic acids is 1. The highest BCUT2D eigenvalue weighted by Crippen LogP contribution is 2.30. The highest BCUT2D eigenvalue weighted by Gasteiger charge is 2.32. The van der Waals surface area contributed by atoms with Crippen LogP contribution in [-0.4, -0.2) is 22.8 Å². The van der Waals surface area contributed by atoms with Crippen LogP contribution < -0.4 is 14.9 Å². The molecule has 0 radical (unpaired) electrons. The minimum absolute atomic E-state index is 0.123. The van der Waals surface area contributed by atoms with Crippen LogP contribution in [-0.2, 0) is 9.53 Å². The summed E-state index contributed by atoms with van der Waals surface area (Å²) in [7, 11) is 1.32. The summed E-state index contributed by atoms with van der Waals surface area (Å²) in [6.45, 7) is 1.74. The number of rotatable bonds is 3. The van der Waals surface area contributed by atoms with E-state index in [4.69, 9.17) is 4.74 Å². The number of aromatic nitrogens is 1. The normalized spacial score (nSPS) is 16.3. The molecular formula is C22H18N2O4S. The number of aromatic hydroxyl groups is 1. The monoisotopic (exact) mass is 406 g/mol. The highest BCUT2D eigenvalue weighted by atomic mass is 32.1. The number of hydrogen-bond acceptors (Lipinski definition) is 6. The van der Waals surface area contributed by atoms with E-state index in [0.717, 1.165) is 5.56 Å². The molecule has 1 atom stereocenters. The number of ether oxygens (including phenoxy) is 1. The molecule has 1 aliphatic rings. The van der Waals surface area contributed by atoms with Crippen LogP contribution in [0.1, 0.15) is 24.1 Å². The number of fused-ring (bicyclic) bond motifs is 1. The molecule has 1 aromatic heterocycles. The maximum atomic E-state index is 13.3. The standard InChI is InChI=1S/C22H18N2O4S/c1-13-18(21(27)28-2)19(15-8-4-3-5-9-15)24-20(26)17(29-22(24)23-13)12-14-7-6-10-16(25)11-14/h3-12,19,25H,1-2H3/b17-12-/t19-/m1/s1. The quantitative estimate of drug-likeness (QED) is 0.676. The number of carbonyl (C=O) groups is 1. The molecule has 0 amide bonds. The van der Waals surface area contributed by atoms with E-state index in [-0.39, 0.29) is 11.3 Å². The molecule has 4 rings (SSSR count). The predicted octanol–water partition coefficient (Wildman–Crippen LogP) is 2.11. The molecule has 2 heterocycles. The van der Waals surface area contributed by atoms with Crippen molar-refractivity contribution in [1.29, 1.82) is 0 Å². The third-order valence-corrected chi connectivity index (χ3v) is 5.69. The molecule has 0 spiro atoms. The van der Waals surface area contributed by atoms with Crippen LogP contribution in [0.4, 0.5) is 0 Å². The van der Waals surface area contributed by atoms with Crippen LogP contribution in [0, 0.1) is 0 Å². The first-order valence-electron chi connectivity index (χ1n) is 8.94. The van der Waals surface area contributed by atoms with Gasteiger partial charge >= 0.3 is 5.97 Å². The molecule has 3 aromatic rings. The Hall–Kier alpha value is -3.45. The largest absolute Gasteiger partial charge is 0.508 e. The van der Waals surface area contributed by atoms with Gasteiger partial charge in [-0.2, -0.15) is 0 Å². The van der Waals surface area contributed by atoms with Crippen molar-refractivity contribution < 1.29 is 14.6 Å². The van der Waals surface area contributed by atoms with Crippen molar-refractivity contribution in [3.63, 3.8) is 0 Å². The summed E-state index contributed by atoms with van der Waals surface area (Å²) >= 11 is 1.25. The van der Waals surface area contributed by atoms with E-state index in [1.807, 2.05) is 30.3 Å². The van der Waals surface area contributed by atoms with Crippen LogP contribution in [0.2, 0.25) is 0 Å². The van der Waals surface area contributed by atoms with Crippen molar-refractivity contribution in [2.75, 3.05) is 7.11 Å². The molecule has 0 fully saturated rings. The summed E-state index contributed by atoms with van der Waals surface area (Å²) in [4.78, 5) is 30.8. The van der Waals surface area contributed by atoms with Gasteiger partial charge in [0.05, 0.1) is 29.0 Å². The molecule has 146 valence electrons. The molecule has 0 unspecified atom stereocenters. The van der Waals surface area contributed by atoms with Crippen LogP contribution >= 0.6 is 11.3 Å². The maximum Gasteiger partial charge on any atom is 0.338 e. The number of benzene rings is 2. The molecule has 2 aromatic carbocycles. The number of phenolic OH excluding ortho intramolecular Hbond substituents is 1. The number of methoxy groups -OCH3 is 1. The summed E-state index contributed by atoms with van der Waals surface area (Å²) in [5.41, 5.74) is 2.12. The van der Waals surface area contributed by atoms with E-state index < -0.39 is 12.0 Å². The van der Waals surface area contributed by atoms with Crippen LogP contribution in [0.5, 0.6) is 5.75 Å². The average molecular weight is 406 g/mol. The van der Waals surface area contributed by atoms with Crippen molar-refractivity contribution >= 4 is 23.4 Å². The molecular weight excluding hydrogens is 388 g/mol. The lowest BCUT2D eigenvalue weighted by atomic mass is 9.96. The number of phenols is 1. The molecule has 1 aliphatic heterocycles. The minimum atomic E-state index is -0.619. The van der Waals surface area contributed by atoms with Gasteiger partial charge in [0, 0.05) is 0 Å². The Morgan fingerprint density at radius 3 is 2.66 bits per heavy atom. The Labute approximate surface area is 170 Å². The van der Waals surface area contributed by atoms with Gasteiger partial charge in [-0.05, 0) is 36.3 Å². The molecule has 0 saturated heterocycles. The summed E-state index contributed by atoms with van der Waals surface area (Å²) in [6, 6.07) is 15.4. The number of esters is 1. The van der Waals surface area contributed by atoms with Gasteiger partial charge in [0.25, 0.3) is 5.56 Å². The van der Waals surface area contributed by atoms with E-state index in [2.05, 4.69) is 4.99 Å². The lowest BCUT2D eigenvalue weighted by Gasteiger charge is -2.24. The second-order valence-electron chi connectivity index (χ2n) is 6.58. The predicted molar refractivity (Wildman–Crippen MR) is 110 cm³/mol. The second-order valence-corrected chi connectivity index (χ2v) is 7.59. The molecule has 0 aliphatic carbocycles. The zero-order valence-electron chi connectivity index (χ0n) is 15.8. The molecule has 0 saturated carbocycles. The number of nitrogens with zero attached hydrogens (tertiary/aromatic N) is 2. The van der Waals surface area contributed by atoms with E-state index >= 15 is 0 Å². The van der Waals surface area contributed by atoms with Gasteiger partial charge < -0.3 is 9.84 Å². The van der Waals surface area contributed by atoms with E-state index in [9.17, 15) is 14.7 Å². The third kappa shape index (κ3) is 3.40. The van der Waals surface area contributed by atoms with Gasteiger partial charge in [0.15, 0.2) is 4.80 Å². The first-order valence-corrected chi connectivity index (χ1v) is 9.76. The molecule has 29 heavy (non-hydrogen) atoms. The van der Waals surface area contributed by atoms with Gasteiger partial charge in [-0.15, -0.1) is 0 Å². The first kappa shape index (κ1) is 18.9. The fourth-order valence-electron chi connectivity index (χ4n) is 3.41. The topological polar surface area (TPSA) is 80.9 Å². The Balaban J connectivity index is 1.98. The number of thiazole rings is 1. The average Bonchev–Trinajstić information content (AvgIpc) is 3.02. The van der Waals surface area contributed by atoms with Crippen molar-refractivity contribution in [2.45, 2.75) is 13.0 Å². The fraction of sp³-hybridized carbons (Fsp3) is 0.136. The van der Waals surface area contributed by atoms with Crippen LogP contribution in [0.25, 0.3) is 6.08 Å². The summed E-state index contributed by atoms with van der Waals surface area (Å²) in [6.07, 6.45) is 1.71. The molecule has 7 heteroatoms. The summed E-state index contributed by atoms with van der Waals surface area (Å²) in [5.74, 6) is -0.389. The van der Waals surface area contributed by atoms with Crippen LogP contribution in [0.15, 0.2) is 75.7 Å². The van der Waals surface area contributed by atoms with E-state index in [0.29, 0.717) is 26.2 Å². The Morgan fingerprint density at radius 1 is 1.21 bits per heavy atom. The van der Waals surface area contributed by atoms with Gasteiger partial charge in [0.1, 0.15) is 5.75 Å². The minimum Gasteiger partial charge on any atom is -0.508 e. The van der Waals surface area contributed by atoms with Gasteiger partial charge in [-0.25, -0.2) is 9.79 Å². The number of allylic oxidation sites excluding steroid dienone is 1. The maximum absolute atomic E-state index is 13.3. The summed E-state index contributed by atoms with van der Waals surface area (Å²) < 4.78 is 6.98. The second kappa shape index (κ2) is 7.52. The Morgan fingerprint density at radius 2 is 1.97 bits per heavy atom. The lowest BCUT2D eigenvalue weighted by molar-refractivity contribution is -0.136. The van der Waals surface area contributed by atoms with Crippen molar-refractivity contribution in [2.24, 2.45) is 4.99 Å².